The predicted octanol–water partition coefficient (Wildman–Crippen LogP) is 2.62. The molecule has 1 saturated heterocycles. The van der Waals surface area contributed by atoms with Crippen LogP contribution in [0.1, 0.15) is 11.1 Å². The van der Waals surface area contributed by atoms with Gasteiger partial charge in [0, 0.05) is 12.5 Å². The molecule has 0 radical (unpaired) electrons. The topological polar surface area (TPSA) is 63.7 Å². The molecule has 2 amide bonds. The highest BCUT2D eigenvalue weighted by Gasteiger charge is 2.44. The Hall–Kier alpha value is -3.09. The minimum absolute atomic E-state index is 0.0631. The molecule has 2 aromatic carbocycles. The third kappa shape index (κ3) is 3.71. The molecule has 0 aliphatic carbocycles. The maximum absolute atomic E-state index is 13.2. The Morgan fingerprint density at radius 3 is 2.28 bits per heavy atom. The number of rotatable bonds is 4. The molecule has 3 rings (SSSR count). The van der Waals surface area contributed by atoms with Crippen molar-refractivity contribution in [2.24, 2.45) is 0 Å². The van der Waals surface area contributed by atoms with Gasteiger partial charge in [0.05, 0.1) is 6.42 Å². The van der Waals surface area contributed by atoms with Crippen LogP contribution in [-0.4, -0.2) is 28.9 Å². The molecule has 1 atom stereocenters. The summed E-state index contributed by atoms with van der Waals surface area (Å²) in [5.41, 5.74) is 0.807. The van der Waals surface area contributed by atoms with Crippen molar-refractivity contribution in [1.82, 2.24) is 4.90 Å². The van der Waals surface area contributed by atoms with Gasteiger partial charge in [-0.3, -0.25) is 4.79 Å². The maximum Gasteiger partial charge on any atom is 0.425 e. The zero-order valence-electron chi connectivity index (χ0n) is 12.9. The number of amides is 2. The molecule has 0 saturated carbocycles. The number of carbonyl (C=O) groups is 3. The summed E-state index contributed by atoms with van der Waals surface area (Å²) in [7, 11) is 0. The van der Waals surface area contributed by atoms with Gasteiger partial charge >= 0.3 is 12.1 Å². The highest BCUT2D eigenvalue weighted by atomic mass is 19.1. The van der Waals surface area contributed by atoms with E-state index < -0.39 is 42.1 Å². The van der Waals surface area contributed by atoms with Crippen molar-refractivity contribution in [1.29, 1.82) is 0 Å². The summed E-state index contributed by atoms with van der Waals surface area (Å²) in [5, 5.41) is 0. The largest absolute Gasteiger partial charge is 0.425 e. The summed E-state index contributed by atoms with van der Waals surface area (Å²) in [5.74, 6) is -3.25. The Morgan fingerprint density at radius 2 is 1.64 bits per heavy atom. The standard InChI is InChI=1S/C18H13F2NO4/c19-13-6-12(7-14(20)10-13)9-16(22)21-15(17(23)25-18(21)24)8-11-4-2-1-3-5-11/h1-7,10,15H,8-9H2. The number of imide groups is 1. The number of hydrogen-bond donors (Lipinski definition) is 0. The van der Waals surface area contributed by atoms with Crippen LogP contribution in [0, 0.1) is 11.6 Å². The van der Waals surface area contributed by atoms with E-state index in [9.17, 15) is 23.2 Å². The number of cyclic esters (lactones) is 2. The van der Waals surface area contributed by atoms with E-state index in [1.807, 2.05) is 0 Å². The second-order valence-electron chi connectivity index (χ2n) is 5.61. The van der Waals surface area contributed by atoms with Gasteiger partial charge < -0.3 is 4.74 Å². The van der Waals surface area contributed by atoms with E-state index in [2.05, 4.69) is 4.74 Å². The molecule has 1 aliphatic heterocycles. The Morgan fingerprint density at radius 1 is 1.00 bits per heavy atom. The molecular weight excluding hydrogens is 332 g/mol. The van der Waals surface area contributed by atoms with Gasteiger partial charge in [-0.25, -0.2) is 23.3 Å². The molecule has 0 N–H and O–H groups in total. The molecule has 1 heterocycles. The first-order valence-corrected chi connectivity index (χ1v) is 7.50. The fourth-order valence-corrected chi connectivity index (χ4v) is 2.70. The fourth-order valence-electron chi connectivity index (χ4n) is 2.70. The molecule has 0 aromatic heterocycles. The van der Waals surface area contributed by atoms with Crippen LogP contribution in [0.25, 0.3) is 0 Å². The number of carbonyl (C=O) groups excluding carboxylic acids is 3. The Bertz CT molecular complexity index is 818. The van der Waals surface area contributed by atoms with Gasteiger partial charge in [0.15, 0.2) is 0 Å². The number of halogens is 2. The summed E-state index contributed by atoms with van der Waals surface area (Å²) in [6.07, 6.45) is -1.40. The molecule has 0 bridgehead atoms. The van der Waals surface area contributed by atoms with Gasteiger partial charge in [-0.05, 0) is 23.3 Å². The summed E-state index contributed by atoms with van der Waals surface area (Å²) in [4.78, 5) is 36.9. The molecule has 5 nitrogen and oxygen atoms in total. The Labute approximate surface area is 141 Å². The van der Waals surface area contributed by atoms with Gasteiger partial charge in [-0.15, -0.1) is 0 Å². The lowest BCUT2D eigenvalue weighted by Gasteiger charge is -2.18. The molecular formula is C18H13F2NO4. The van der Waals surface area contributed by atoms with E-state index in [-0.39, 0.29) is 12.0 Å². The monoisotopic (exact) mass is 345 g/mol. The van der Waals surface area contributed by atoms with E-state index in [1.54, 1.807) is 30.3 Å². The first-order valence-electron chi connectivity index (χ1n) is 7.50. The third-order valence-electron chi connectivity index (χ3n) is 3.79. The lowest BCUT2D eigenvalue weighted by atomic mass is 10.0. The van der Waals surface area contributed by atoms with Crippen molar-refractivity contribution in [2.45, 2.75) is 18.9 Å². The van der Waals surface area contributed by atoms with Crippen molar-refractivity contribution >= 4 is 18.0 Å². The number of benzene rings is 2. The SMILES string of the molecule is O=C1OC(=O)N(C(=O)Cc2cc(F)cc(F)c2)C1Cc1ccccc1. The minimum atomic E-state index is -1.10. The van der Waals surface area contributed by atoms with Gasteiger partial charge in [-0.2, -0.15) is 0 Å². The molecule has 1 fully saturated rings. The first-order chi connectivity index (χ1) is 11.9. The number of nitrogens with zero attached hydrogens (tertiary/aromatic N) is 1. The number of esters is 1. The number of ether oxygens (including phenoxy) is 1. The van der Waals surface area contributed by atoms with E-state index in [1.165, 1.54) is 0 Å². The normalized spacial score (nSPS) is 16.9. The summed E-state index contributed by atoms with van der Waals surface area (Å²) in [6.45, 7) is 0. The molecule has 0 spiro atoms. The van der Waals surface area contributed by atoms with Gasteiger partial charge in [-0.1, -0.05) is 30.3 Å². The van der Waals surface area contributed by atoms with Gasteiger partial charge in [0.1, 0.15) is 17.7 Å². The van der Waals surface area contributed by atoms with Crippen molar-refractivity contribution in [2.75, 3.05) is 0 Å². The molecule has 25 heavy (non-hydrogen) atoms. The second-order valence-corrected chi connectivity index (χ2v) is 5.61. The second kappa shape index (κ2) is 6.80. The molecule has 1 aliphatic rings. The highest BCUT2D eigenvalue weighted by Crippen LogP contribution is 2.20. The quantitative estimate of drug-likeness (QED) is 0.631. The average molecular weight is 345 g/mol. The molecule has 128 valence electrons. The van der Waals surface area contributed by atoms with E-state index in [4.69, 9.17) is 0 Å². The van der Waals surface area contributed by atoms with Crippen LogP contribution in [0.15, 0.2) is 48.5 Å². The number of hydrogen-bond acceptors (Lipinski definition) is 4. The average Bonchev–Trinajstić information content (AvgIpc) is 2.81. The lowest BCUT2D eigenvalue weighted by molar-refractivity contribution is -0.138. The van der Waals surface area contributed by atoms with E-state index >= 15 is 0 Å². The maximum atomic E-state index is 13.2. The Kier molecular flexibility index (Phi) is 4.56. The van der Waals surface area contributed by atoms with Crippen LogP contribution in [0.4, 0.5) is 13.6 Å². The van der Waals surface area contributed by atoms with E-state index in [0.29, 0.717) is 11.0 Å². The van der Waals surface area contributed by atoms with Crippen LogP contribution in [-0.2, 0) is 27.2 Å². The Balaban J connectivity index is 1.81. The van der Waals surface area contributed by atoms with Crippen LogP contribution in [0.3, 0.4) is 0 Å². The fraction of sp³-hybridized carbons (Fsp3) is 0.167. The van der Waals surface area contributed by atoms with Crippen molar-refractivity contribution in [3.63, 3.8) is 0 Å². The van der Waals surface area contributed by atoms with Crippen LogP contribution >= 0.6 is 0 Å². The zero-order valence-corrected chi connectivity index (χ0v) is 12.9. The van der Waals surface area contributed by atoms with Crippen molar-refractivity contribution in [3.05, 3.63) is 71.3 Å². The van der Waals surface area contributed by atoms with Gasteiger partial charge in [0.2, 0.25) is 5.91 Å². The lowest BCUT2D eigenvalue weighted by Crippen LogP contribution is -2.42. The van der Waals surface area contributed by atoms with Crippen LogP contribution in [0.5, 0.6) is 0 Å². The molecule has 1 unspecified atom stereocenters. The third-order valence-corrected chi connectivity index (χ3v) is 3.79. The summed E-state index contributed by atoms with van der Waals surface area (Å²) >= 11 is 0. The zero-order chi connectivity index (χ0) is 18.0. The molecule has 7 heteroatoms. The van der Waals surface area contributed by atoms with E-state index in [0.717, 1.165) is 17.7 Å². The van der Waals surface area contributed by atoms with Crippen LogP contribution < -0.4 is 0 Å². The smallest absolute Gasteiger partial charge is 0.374 e. The van der Waals surface area contributed by atoms with Crippen molar-refractivity contribution < 1.29 is 27.9 Å². The summed E-state index contributed by atoms with van der Waals surface area (Å²) < 4.78 is 31.0. The molecule has 2 aromatic rings. The van der Waals surface area contributed by atoms with Gasteiger partial charge in [0.25, 0.3) is 0 Å². The van der Waals surface area contributed by atoms with Crippen LogP contribution in [0.2, 0.25) is 0 Å². The highest BCUT2D eigenvalue weighted by molar-refractivity contribution is 6.06. The van der Waals surface area contributed by atoms with Crippen molar-refractivity contribution in [3.8, 4) is 0 Å². The summed E-state index contributed by atoms with van der Waals surface area (Å²) in [6, 6.07) is 10.4. The first kappa shape index (κ1) is 16.8. The minimum Gasteiger partial charge on any atom is -0.374 e. The predicted molar refractivity (Wildman–Crippen MR) is 82.3 cm³/mol.